The van der Waals surface area contributed by atoms with Crippen molar-refractivity contribution in [3.63, 3.8) is 0 Å². The Bertz CT molecular complexity index is 318. The van der Waals surface area contributed by atoms with Gasteiger partial charge in [-0.25, -0.2) is 0 Å². The Balaban J connectivity index is 3.39. The lowest BCUT2D eigenvalue weighted by molar-refractivity contribution is -0.116. The standard InChI is InChI=1S/C6HCl7O/c7-1-2(8)5(10,11)4(9)6(12,13)3(1)14/h4H/t4-/m0/s1. The third-order valence-corrected chi connectivity index (χ3v) is 5.46. The van der Waals surface area contributed by atoms with Crippen molar-refractivity contribution in [2.24, 2.45) is 0 Å². The average molecular weight is 337 g/mol. The van der Waals surface area contributed by atoms with E-state index in [4.69, 9.17) is 81.2 Å². The first kappa shape index (κ1) is 13.5. The first-order chi connectivity index (χ1) is 6.13. The number of allylic oxidation sites excluding steroid dienone is 2. The summed E-state index contributed by atoms with van der Waals surface area (Å²) >= 11 is 39.7. The number of Topliss-reactive ketones (excluding diaryl/α,β-unsaturated/α-hetero) is 1. The van der Waals surface area contributed by atoms with Crippen molar-refractivity contribution >= 4 is 87.0 Å². The first-order valence-corrected chi connectivity index (χ1v) is 5.84. The predicted molar refractivity (Wildman–Crippen MR) is 62.3 cm³/mol. The Morgan fingerprint density at radius 3 is 1.86 bits per heavy atom. The van der Waals surface area contributed by atoms with Crippen molar-refractivity contribution in [3.8, 4) is 0 Å². The molecule has 0 bridgehead atoms. The highest BCUT2D eigenvalue weighted by atomic mass is 35.5. The van der Waals surface area contributed by atoms with Gasteiger partial charge in [0.05, 0.1) is 5.03 Å². The summed E-state index contributed by atoms with van der Waals surface area (Å²) in [6, 6.07) is 0. The minimum Gasteiger partial charge on any atom is -0.290 e. The SMILES string of the molecule is O=C1C(Cl)=C(Cl)C(Cl)(Cl)[C@H](Cl)C1(Cl)Cl. The molecule has 0 radical (unpaired) electrons. The lowest BCUT2D eigenvalue weighted by Crippen LogP contribution is -2.50. The summed E-state index contributed by atoms with van der Waals surface area (Å²) < 4.78 is -3.77. The topological polar surface area (TPSA) is 17.1 Å². The summed E-state index contributed by atoms with van der Waals surface area (Å²) in [6.45, 7) is 0. The van der Waals surface area contributed by atoms with Crippen LogP contribution in [0.25, 0.3) is 0 Å². The van der Waals surface area contributed by atoms with Crippen LogP contribution in [0, 0.1) is 0 Å². The number of rotatable bonds is 0. The van der Waals surface area contributed by atoms with E-state index >= 15 is 0 Å². The van der Waals surface area contributed by atoms with Crippen LogP contribution in [0.1, 0.15) is 0 Å². The fourth-order valence-electron chi connectivity index (χ4n) is 0.846. The molecule has 1 aliphatic carbocycles. The van der Waals surface area contributed by atoms with E-state index in [1.807, 2.05) is 0 Å². The van der Waals surface area contributed by atoms with Gasteiger partial charge < -0.3 is 0 Å². The molecule has 0 aromatic heterocycles. The summed E-state index contributed by atoms with van der Waals surface area (Å²) in [5.41, 5.74) is 0. The molecule has 0 fully saturated rings. The quantitative estimate of drug-likeness (QED) is 0.605. The van der Waals surface area contributed by atoms with Crippen molar-refractivity contribution in [3.05, 3.63) is 10.1 Å². The molecule has 0 heterocycles. The lowest BCUT2D eigenvalue weighted by Gasteiger charge is -2.36. The third kappa shape index (κ3) is 1.86. The maximum Gasteiger partial charge on any atom is 0.213 e. The first-order valence-electron chi connectivity index (χ1n) is 3.13. The molecule has 0 unspecified atom stereocenters. The van der Waals surface area contributed by atoms with Gasteiger partial charge in [0.1, 0.15) is 10.4 Å². The second kappa shape index (κ2) is 4.03. The minimum absolute atomic E-state index is 0.274. The Morgan fingerprint density at radius 1 is 1.00 bits per heavy atom. The van der Waals surface area contributed by atoms with Gasteiger partial charge in [0.25, 0.3) is 0 Å². The molecule has 0 N–H and O–H groups in total. The molecule has 1 aliphatic rings. The zero-order valence-electron chi connectivity index (χ0n) is 6.13. The van der Waals surface area contributed by atoms with Crippen molar-refractivity contribution in [1.82, 2.24) is 0 Å². The molecule has 14 heavy (non-hydrogen) atoms. The van der Waals surface area contributed by atoms with Crippen LogP contribution in [0.5, 0.6) is 0 Å². The monoisotopic (exact) mass is 334 g/mol. The maximum absolute atomic E-state index is 11.4. The molecule has 0 aromatic carbocycles. The predicted octanol–water partition coefficient (Wildman–Crippen LogP) is 4.21. The van der Waals surface area contributed by atoms with Gasteiger partial charge in [0.15, 0.2) is 4.33 Å². The Morgan fingerprint density at radius 2 is 1.43 bits per heavy atom. The van der Waals surface area contributed by atoms with E-state index in [2.05, 4.69) is 0 Å². The van der Waals surface area contributed by atoms with Crippen molar-refractivity contribution in [2.75, 3.05) is 0 Å². The summed E-state index contributed by atoms with van der Waals surface area (Å²) in [5, 5.41) is -1.97. The summed E-state index contributed by atoms with van der Waals surface area (Å²) in [7, 11) is 0. The molecular formula is C6HCl7O. The van der Waals surface area contributed by atoms with Crippen LogP contribution < -0.4 is 0 Å². The third-order valence-electron chi connectivity index (χ3n) is 1.62. The number of carbonyl (C=O) groups excluding carboxylic acids is 1. The molecule has 1 rings (SSSR count). The van der Waals surface area contributed by atoms with Gasteiger partial charge in [-0.3, -0.25) is 4.79 Å². The summed E-state index contributed by atoms with van der Waals surface area (Å²) in [4.78, 5) is 11.4. The number of hydrogen-bond acceptors (Lipinski definition) is 1. The van der Waals surface area contributed by atoms with Crippen LogP contribution in [0.4, 0.5) is 0 Å². The Labute approximate surface area is 115 Å². The van der Waals surface area contributed by atoms with E-state index in [0.29, 0.717) is 0 Å². The molecule has 1 atom stereocenters. The number of alkyl halides is 5. The summed E-state index contributed by atoms with van der Waals surface area (Å²) in [6.07, 6.45) is 0. The van der Waals surface area contributed by atoms with Crippen molar-refractivity contribution in [1.29, 1.82) is 0 Å². The maximum atomic E-state index is 11.4. The zero-order valence-corrected chi connectivity index (χ0v) is 11.4. The Hall–Kier alpha value is 1.44. The van der Waals surface area contributed by atoms with Crippen LogP contribution in [0.15, 0.2) is 10.1 Å². The number of halogens is 7. The second-order valence-electron chi connectivity index (χ2n) is 2.57. The van der Waals surface area contributed by atoms with E-state index < -0.39 is 24.9 Å². The average Bonchev–Trinajstić information content (AvgIpc) is 2.11. The van der Waals surface area contributed by atoms with E-state index in [-0.39, 0.29) is 5.03 Å². The van der Waals surface area contributed by atoms with Gasteiger partial charge in [-0.2, -0.15) is 0 Å². The summed E-state index contributed by atoms with van der Waals surface area (Å²) in [5.74, 6) is -0.815. The number of hydrogen-bond donors (Lipinski definition) is 0. The molecule has 0 saturated carbocycles. The molecule has 0 amide bonds. The van der Waals surface area contributed by atoms with Crippen LogP contribution in [-0.4, -0.2) is 19.8 Å². The molecule has 8 heteroatoms. The zero-order chi connectivity index (χ0) is 11.3. The van der Waals surface area contributed by atoms with Crippen LogP contribution in [0.3, 0.4) is 0 Å². The van der Waals surface area contributed by atoms with E-state index in [0.717, 1.165) is 0 Å². The Kier molecular flexibility index (Phi) is 3.89. The molecule has 0 aromatic rings. The minimum atomic E-state index is -1.99. The van der Waals surface area contributed by atoms with Gasteiger partial charge in [-0.05, 0) is 0 Å². The van der Waals surface area contributed by atoms with Gasteiger partial charge in [-0.1, -0.05) is 69.6 Å². The number of carbonyl (C=O) groups is 1. The molecule has 0 saturated heterocycles. The van der Waals surface area contributed by atoms with Crippen LogP contribution >= 0.6 is 81.2 Å². The molecular weight excluding hydrogens is 336 g/mol. The lowest BCUT2D eigenvalue weighted by atomic mass is 10.0. The fourth-order valence-corrected chi connectivity index (χ4v) is 3.05. The molecule has 1 nitrogen and oxygen atoms in total. The van der Waals surface area contributed by atoms with Gasteiger partial charge in [0.2, 0.25) is 10.1 Å². The highest BCUT2D eigenvalue weighted by Crippen LogP contribution is 2.53. The molecule has 80 valence electrons. The highest BCUT2D eigenvalue weighted by Gasteiger charge is 2.59. The molecule has 0 spiro atoms. The van der Waals surface area contributed by atoms with Gasteiger partial charge in [0, 0.05) is 0 Å². The smallest absolute Gasteiger partial charge is 0.213 e. The van der Waals surface area contributed by atoms with Crippen LogP contribution in [0.2, 0.25) is 0 Å². The van der Waals surface area contributed by atoms with Gasteiger partial charge in [-0.15, -0.1) is 11.6 Å². The van der Waals surface area contributed by atoms with E-state index in [1.165, 1.54) is 0 Å². The largest absolute Gasteiger partial charge is 0.290 e. The van der Waals surface area contributed by atoms with E-state index in [1.54, 1.807) is 0 Å². The molecule has 0 aliphatic heterocycles. The number of ketones is 1. The van der Waals surface area contributed by atoms with Crippen LogP contribution in [-0.2, 0) is 4.79 Å². The van der Waals surface area contributed by atoms with Gasteiger partial charge >= 0.3 is 0 Å². The van der Waals surface area contributed by atoms with Crippen molar-refractivity contribution in [2.45, 2.75) is 14.0 Å². The highest BCUT2D eigenvalue weighted by molar-refractivity contribution is 6.73. The fraction of sp³-hybridized carbons (Fsp3) is 0.500. The van der Waals surface area contributed by atoms with Crippen molar-refractivity contribution < 1.29 is 4.79 Å². The van der Waals surface area contributed by atoms with E-state index in [9.17, 15) is 4.79 Å². The normalized spacial score (nSPS) is 30.8. The second-order valence-corrected chi connectivity index (χ2v) is 6.53.